The van der Waals surface area contributed by atoms with Gasteiger partial charge in [0.1, 0.15) is 5.82 Å². The molecule has 4 rings (SSSR count). The van der Waals surface area contributed by atoms with Crippen LogP contribution in [0.2, 0.25) is 0 Å². The van der Waals surface area contributed by atoms with Gasteiger partial charge in [0, 0.05) is 12.1 Å². The smallest absolute Gasteiger partial charge is 0.416 e. The third kappa shape index (κ3) is 4.78. The number of ether oxygens (including phenoxy) is 2. The van der Waals surface area contributed by atoms with Crippen molar-refractivity contribution in [2.75, 3.05) is 14.2 Å². The van der Waals surface area contributed by atoms with Gasteiger partial charge >= 0.3 is 11.9 Å². The quantitative estimate of drug-likeness (QED) is 0.421. The number of alkyl halides is 3. The molecule has 2 aromatic carbocycles. The number of amides is 1. The van der Waals surface area contributed by atoms with E-state index in [1.54, 1.807) is 0 Å². The summed E-state index contributed by atoms with van der Waals surface area (Å²) in [6, 6.07) is 11.5. The first-order valence-electron chi connectivity index (χ1n) is 10.4. The lowest BCUT2D eigenvalue weighted by Crippen LogP contribution is -2.34. The lowest BCUT2D eigenvalue weighted by atomic mass is 10.1. The molecular weight excluding hydrogens is 481 g/mol. The van der Waals surface area contributed by atoms with Gasteiger partial charge in [0.2, 0.25) is 0 Å². The van der Waals surface area contributed by atoms with Crippen LogP contribution in [0.15, 0.2) is 64.2 Å². The number of aromatic amines is 1. The van der Waals surface area contributed by atoms with Crippen molar-refractivity contribution in [2.24, 2.45) is 0 Å². The normalized spacial score (nSPS) is 11.4. The van der Waals surface area contributed by atoms with Crippen molar-refractivity contribution >= 4 is 16.8 Å². The number of H-pyrrole nitrogens is 1. The molecule has 0 saturated heterocycles. The van der Waals surface area contributed by atoms with Crippen molar-refractivity contribution in [3.8, 4) is 17.4 Å². The highest BCUT2D eigenvalue weighted by atomic mass is 19.4. The van der Waals surface area contributed by atoms with Crippen molar-refractivity contribution in [3.05, 3.63) is 92.1 Å². The molecule has 12 heteroatoms. The fourth-order valence-electron chi connectivity index (χ4n) is 3.51. The van der Waals surface area contributed by atoms with E-state index < -0.39 is 28.9 Å². The van der Waals surface area contributed by atoms with Gasteiger partial charge < -0.3 is 19.8 Å². The monoisotopic (exact) mass is 500 g/mol. The molecule has 36 heavy (non-hydrogen) atoms. The topological polar surface area (TPSA) is 115 Å². The molecule has 0 saturated carbocycles. The number of carbonyl (C=O) groups excluding carboxylic acids is 1. The lowest BCUT2D eigenvalue weighted by Gasteiger charge is -2.11. The first-order valence-corrected chi connectivity index (χ1v) is 10.4. The van der Waals surface area contributed by atoms with Crippen LogP contribution in [-0.4, -0.2) is 34.7 Å². The van der Waals surface area contributed by atoms with Crippen molar-refractivity contribution in [1.29, 1.82) is 0 Å². The largest absolute Gasteiger partial charge is 0.491 e. The second-order valence-corrected chi connectivity index (χ2v) is 7.59. The zero-order chi connectivity index (χ0) is 26.0. The van der Waals surface area contributed by atoms with E-state index in [1.165, 1.54) is 56.7 Å². The minimum Gasteiger partial charge on any atom is -0.491 e. The number of fused-ring (bicyclic) bond motifs is 1. The van der Waals surface area contributed by atoms with E-state index in [9.17, 15) is 27.6 Å². The molecule has 2 N–H and O–H groups in total. The van der Waals surface area contributed by atoms with Crippen LogP contribution >= 0.6 is 0 Å². The molecule has 1 amide bonds. The summed E-state index contributed by atoms with van der Waals surface area (Å²) in [6.45, 7) is -0.0158. The molecule has 0 atom stereocenters. The molecule has 0 fully saturated rings. The van der Waals surface area contributed by atoms with Gasteiger partial charge in [0.15, 0.2) is 5.75 Å². The van der Waals surface area contributed by atoms with Crippen molar-refractivity contribution in [3.63, 3.8) is 0 Å². The van der Waals surface area contributed by atoms with Crippen LogP contribution in [0.25, 0.3) is 16.7 Å². The summed E-state index contributed by atoms with van der Waals surface area (Å²) in [5.74, 6) is -0.123. The van der Waals surface area contributed by atoms with Gasteiger partial charge in [-0.15, -0.1) is 0 Å². The predicted octanol–water partition coefficient (Wildman–Crippen LogP) is 3.04. The Kier molecular flexibility index (Phi) is 6.51. The Morgan fingerprint density at radius 2 is 1.75 bits per heavy atom. The van der Waals surface area contributed by atoms with Crippen molar-refractivity contribution in [2.45, 2.75) is 12.7 Å². The second kappa shape index (κ2) is 9.56. The van der Waals surface area contributed by atoms with Crippen molar-refractivity contribution in [1.82, 2.24) is 19.9 Å². The Hall–Kier alpha value is -4.61. The Morgan fingerprint density at radius 1 is 1.03 bits per heavy atom. The first kappa shape index (κ1) is 24.5. The molecule has 0 aliphatic heterocycles. The molecule has 0 spiro atoms. The summed E-state index contributed by atoms with van der Waals surface area (Å²) < 4.78 is 49.1. The number of methoxy groups -OCH3 is 2. The minimum atomic E-state index is -4.45. The molecular formula is C24H19F3N4O5. The Bertz CT molecular complexity index is 1560. The average molecular weight is 500 g/mol. The minimum absolute atomic E-state index is 0.0131. The predicted molar refractivity (Wildman–Crippen MR) is 124 cm³/mol. The van der Waals surface area contributed by atoms with E-state index in [2.05, 4.69) is 15.3 Å². The maximum atomic E-state index is 13.0. The fraction of sp³-hybridized carbons (Fsp3) is 0.167. The van der Waals surface area contributed by atoms with Gasteiger partial charge in [0.25, 0.3) is 17.3 Å². The molecule has 0 aliphatic carbocycles. The Balaban J connectivity index is 1.59. The van der Waals surface area contributed by atoms with E-state index in [0.717, 1.165) is 16.7 Å². The maximum Gasteiger partial charge on any atom is 0.416 e. The summed E-state index contributed by atoms with van der Waals surface area (Å²) in [5.41, 5.74) is -1.49. The lowest BCUT2D eigenvalue weighted by molar-refractivity contribution is -0.137. The number of nitrogens with one attached hydrogen (secondary N) is 2. The van der Waals surface area contributed by atoms with Gasteiger partial charge in [0.05, 0.1) is 30.7 Å². The number of halogens is 3. The van der Waals surface area contributed by atoms with E-state index in [1.807, 2.05) is 0 Å². The van der Waals surface area contributed by atoms with Gasteiger partial charge in [-0.25, -0.2) is 9.36 Å². The number of nitrogens with zero attached hydrogens (tertiary/aromatic N) is 2. The number of rotatable bonds is 6. The van der Waals surface area contributed by atoms with Crippen molar-refractivity contribution < 1.29 is 27.4 Å². The number of pyridine rings is 1. The van der Waals surface area contributed by atoms with Gasteiger partial charge in [-0.3, -0.25) is 9.59 Å². The van der Waals surface area contributed by atoms with Crippen LogP contribution in [-0.2, 0) is 12.7 Å². The molecule has 4 aromatic rings. The second-order valence-electron chi connectivity index (χ2n) is 7.59. The molecule has 9 nitrogen and oxygen atoms in total. The fourth-order valence-corrected chi connectivity index (χ4v) is 3.51. The Labute approximate surface area is 201 Å². The standard InChI is InChI=1S/C24H19F3N4O5/c1-35-18-9-10-19(30-21(18)36-2)31-22(33)16-8-5-14(11-17(16)29-23(31)34)20(32)28-12-13-3-6-15(7-4-13)24(25,26)27/h3-11H,12H2,1-2H3,(H,28,32)(H,29,34). The number of carbonyl (C=O) groups is 1. The SMILES string of the molecule is COc1ccc(-n2c(=O)[nH]c3cc(C(=O)NCc4ccc(C(F)(F)F)cc4)ccc3c2=O)nc1OC. The van der Waals surface area contributed by atoms with E-state index >= 15 is 0 Å². The maximum absolute atomic E-state index is 13.0. The van der Waals surface area contributed by atoms with Gasteiger partial charge in [-0.05, 0) is 48.0 Å². The average Bonchev–Trinajstić information content (AvgIpc) is 2.86. The number of hydrogen-bond donors (Lipinski definition) is 2. The molecule has 0 unspecified atom stereocenters. The van der Waals surface area contributed by atoms with Crippen LogP contribution in [0.3, 0.4) is 0 Å². The molecule has 186 valence electrons. The highest BCUT2D eigenvalue weighted by Crippen LogP contribution is 2.29. The first-order chi connectivity index (χ1) is 17.1. The van der Waals surface area contributed by atoms with Gasteiger partial charge in [-0.1, -0.05) is 12.1 Å². The van der Waals surface area contributed by atoms with Gasteiger partial charge in [-0.2, -0.15) is 18.2 Å². The molecule has 2 heterocycles. The number of benzene rings is 2. The van der Waals surface area contributed by atoms with E-state index in [-0.39, 0.29) is 34.7 Å². The van der Waals surface area contributed by atoms with Crippen LogP contribution in [0.5, 0.6) is 11.6 Å². The zero-order valence-electron chi connectivity index (χ0n) is 19.0. The highest BCUT2D eigenvalue weighted by molar-refractivity contribution is 5.97. The van der Waals surface area contributed by atoms with E-state index in [0.29, 0.717) is 11.3 Å². The van der Waals surface area contributed by atoms with Crippen LogP contribution in [0, 0.1) is 0 Å². The summed E-state index contributed by atoms with van der Waals surface area (Å²) in [5, 5.41) is 2.73. The van der Waals surface area contributed by atoms with Crippen LogP contribution < -0.4 is 26.0 Å². The summed E-state index contributed by atoms with van der Waals surface area (Å²) >= 11 is 0. The van der Waals surface area contributed by atoms with Crippen LogP contribution in [0.1, 0.15) is 21.5 Å². The molecule has 0 aliphatic rings. The highest BCUT2D eigenvalue weighted by Gasteiger charge is 2.29. The van der Waals surface area contributed by atoms with Crippen LogP contribution in [0.4, 0.5) is 13.2 Å². The van der Waals surface area contributed by atoms with E-state index in [4.69, 9.17) is 9.47 Å². The zero-order valence-corrected chi connectivity index (χ0v) is 19.0. The summed E-state index contributed by atoms with van der Waals surface area (Å²) in [4.78, 5) is 45.0. The number of hydrogen-bond acceptors (Lipinski definition) is 6. The number of aromatic nitrogens is 3. The third-order valence-corrected chi connectivity index (χ3v) is 5.35. The third-order valence-electron chi connectivity index (χ3n) is 5.35. The molecule has 0 radical (unpaired) electrons. The molecule has 2 aromatic heterocycles. The Morgan fingerprint density at radius 3 is 2.39 bits per heavy atom. The molecule has 0 bridgehead atoms. The summed E-state index contributed by atoms with van der Waals surface area (Å²) in [6.07, 6.45) is -4.45. The summed E-state index contributed by atoms with van der Waals surface area (Å²) in [7, 11) is 2.79.